The molecule has 0 atom stereocenters. The SMILES string of the molecule is CCCCCCCCCCCCc1ccc(CCCCC)c(CCCCC)c1CCCCC. The van der Waals surface area contributed by atoms with E-state index in [-0.39, 0.29) is 0 Å². The van der Waals surface area contributed by atoms with Crippen molar-refractivity contribution in [2.45, 2.75) is 175 Å². The molecule has 33 heavy (non-hydrogen) atoms. The van der Waals surface area contributed by atoms with Crippen LogP contribution in [0.4, 0.5) is 0 Å². The third kappa shape index (κ3) is 14.3. The van der Waals surface area contributed by atoms with Gasteiger partial charge in [-0.05, 0) is 73.6 Å². The minimum Gasteiger partial charge on any atom is -0.0654 e. The number of aryl methyl sites for hydroxylation is 2. The van der Waals surface area contributed by atoms with Crippen LogP contribution in [0.15, 0.2) is 12.1 Å². The Bertz CT molecular complexity index is 555. The monoisotopic (exact) mass is 456 g/mol. The van der Waals surface area contributed by atoms with Gasteiger partial charge < -0.3 is 0 Å². The molecule has 0 bridgehead atoms. The first-order valence-electron chi connectivity index (χ1n) is 15.4. The van der Waals surface area contributed by atoms with Crippen molar-refractivity contribution in [1.82, 2.24) is 0 Å². The standard InChI is InChI=1S/C33H60/c1-5-9-13-14-15-16-17-18-19-23-25-31-29-28-30(24-20-10-6-2)32(26-21-11-7-3)33(31)27-22-12-8-4/h28-29H,5-27H2,1-4H3. The fourth-order valence-corrected chi connectivity index (χ4v) is 5.35. The van der Waals surface area contributed by atoms with E-state index in [0.717, 1.165) is 0 Å². The maximum absolute atomic E-state index is 2.54. The van der Waals surface area contributed by atoms with Gasteiger partial charge in [-0.2, -0.15) is 0 Å². The van der Waals surface area contributed by atoms with Crippen molar-refractivity contribution in [1.29, 1.82) is 0 Å². The van der Waals surface area contributed by atoms with E-state index in [0.29, 0.717) is 0 Å². The van der Waals surface area contributed by atoms with Crippen LogP contribution in [0.3, 0.4) is 0 Å². The van der Waals surface area contributed by atoms with Crippen molar-refractivity contribution >= 4 is 0 Å². The highest BCUT2D eigenvalue weighted by Crippen LogP contribution is 2.27. The fraction of sp³-hybridized carbons (Fsp3) is 0.818. The first-order valence-corrected chi connectivity index (χ1v) is 15.4. The van der Waals surface area contributed by atoms with Crippen LogP contribution in [-0.2, 0) is 25.7 Å². The topological polar surface area (TPSA) is 0 Å². The molecule has 0 nitrogen and oxygen atoms in total. The average Bonchev–Trinajstić information content (AvgIpc) is 2.82. The predicted octanol–water partition coefficient (Wildman–Crippen LogP) is 11.3. The molecule has 0 aromatic heterocycles. The molecule has 0 N–H and O–H groups in total. The summed E-state index contributed by atoms with van der Waals surface area (Å²) in [5.74, 6) is 0. The molecule has 0 heteroatoms. The Labute approximate surface area is 209 Å². The quantitative estimate of drug-likeness (QED) is 0.144. The minimum atomic E-state index is 1.30. The van der Waals surface area contributed by atoms with Crippen LogP contribution in [0.2, 0.25) is 0 Å². The second-order valence-electron chi connectivity index (χ2n) is 10.6. The van der Waals surface area contributed by atoms with Crippen molar-refractivity contribution in [3.63, 3.8) is 0 Å². The van der Waals surface area contributed by atoms with Gasteiger partial charge in [0.15, 0.2) is 0 Å². The van der Waals surface area contributed by atoms with E-state index in [1.165, 1.54) is 148 Å². The molecule has 0 aliphatic carbocycles. The molecule has 0 unspecified atom stereocenters. The summed E-state index contributed by atoms with van der Waals surface area (Å²) in [6.07, 6.45) is 31.8. The van der Waals surface area contributed by atoms with E-state index in [2.05, 4.69) is 39.8 Å². The zero-order chi connectivity index (χ0) is 24.0. The molecule has 0 heterocycles. The highest BCUT2D eigenvalue weighted by molar-refractivity contribution is 5.42. The molecular weight excluding hydrogens is 396 g/mol. The summed E-state index contributed by atoms with van der Waals surface area (Å²) in [6.45, 7) is 9.32. The summed E-state index contributed by atoms with van der Waals surface area (Å²) in [4.78, 5) is 0. The Balaban J connectivity index is 2.69. The number of hydrogen-bond acceptors (Lipinski definition) is 0. The second kappa shape index (κ2) is 21.7. The van der Waals surface area contributed by atoms with Crippen LogP contribution in [0, 0.1) is 0 Å². The van der Waals surface area contributed by atoms with E-state index in [1.807, 2.05) is 0 Å². The lowest BCUT2D eigenvalue weighted by Crippen LogP contribution is -2.06. The number of unbranched alkanes of at least 4 members (excludes halogenated alkanes) is 15. The van der Waals surface area contributed by atoms with Crippen LogP contribution >= 0.6 is 0 Å². The Morgan fingerprint density at radius 2 is 0.606 bits per heavy atom. The first-order chi connectivity index (χ1) is 16.3. The molecule has 0 fully saturated rings. The molecule has 0 saturated heterocycles. The van der Waals surface area contributed by atoms with Gasteiger partial charge in [0.05, 0.1) is 0 Å². The van der Waals surface area contributed by atoms with Gasteiger partial charge in [-0.1, -0.05) is 136 Å². The summed E-state index contributed by atoms with van der Waals surface area (Å²) in [5.41, 5.74) is 6.96. The molecule has 1 rings (SSSR count). The molecule has 0 saturated carbocycles. The van der Waals surface area contributed by atoms with E-state index in [1.54, 1.807) is 22.3 Å². The molecule has 0 radical (unpaired) electrons. The smallest absolute Gasteiger partial charge is 0.0273 e. The highest BCUT2D eigenvalue weighted by Gasteiger charge is 2.13. The van der Waals surface area contributed by atoms with Crippen molar-refractivity contribution in [3.8, 4) is 0 Å². The lowest BCUT2D eigenvalue weighted by Gasteiger charge is -2.20. The van der Waals surface area contributed by atoms with Gasteiger partial charge in [-0.15, -0.1) is 0 Å². The lowest BCUT2D eigenvalue weighted by atomic mass is 9.86. The van der Waals surface area contributed by atoms with Gasteiger partial charge in [0.2, 0.25) is 0 Å². The Morgan fingerprint density at radius 1 is 0.333 bits per heavy atom. The molecule has 1 aromatic rings. The minimum absolute atomic E-state index is 1.30. The van der Waals surface area contributed by atoms with Crippen molar-refractivity contribution in [2.24, 2.45) is 0 Å². The highest BCUT2D eigenvalue weighted by atomic mass is 14.2. The molecule has 192 valence electrons. The summed E-state index contributed by atoms with van der Waals surface area (Å²) in [6, 6.07) is 5.07. The van der Waals surface area contributed by atoms with E-state index >= 15 is 0 Å². The zero-order valence-electron chi connectivity index (χ0n) is 23.4. The summed E-state index contributed by atoms with van der Waals surface area (Å²) in [7, 11) is 0. The molecule has 1 aromatic carbocycles. The van der Waals surface area contributed by atoms with E-state index in [9.17, 15) is 0 Å². The number of benzene rings is 1. The molecular formula is C33H60. The predicted molar refractivity (Wildman–Crippen MR) is 152 cm³/mol. The third-order valence-corrected chi connectivity index (χ3v) is 7.54. The van der Waals surface area contributed by atoms with Gasteiger partial charge >= 0.3 is 0 Å². The Morgan fingerprint density at radius 3 is 1.00 bits per heavy atom. The Hall–Kier alpha value is -0.780. The van der Waals surface area contributed by atoms with Gasteiger partial charge in [0.25, 0.3) is 0 Å². The van der Waals surface area contributed by atoms with Crippen molar-refractivity contribution in [2.75, 3.05) is 0 Å². The van der Waals surface area contributed by atoms with Crippen molar-refractivity contribution < 1.29 is 0 Å². The number of rotatable bonds is 23. The molecule has 0 aliphatic heterocycles. The normalized spacial score (nSPS) is 11.4. The van der Waals surface area contributed by atoms with Gasteiger partial charge in [-0.25, -0.2) is 0 Å². The van der Waals surface area contributed by atoms with Gasteiger partial charge in [-0.3, -0.25) is 0 Å². The maximum Gasteiger partial charge on any atom is -0.0273 e. The van der Waals surface area contributed by atoms with Crippen molar-refractivity contribution in [3.05, 3.63) is 34.4 Å². The van der Waals surface area contributed by atoms with Crippen LogP contribution in [0.5, 0.6) is 0 Å². The zero-order valence-corrected chi connectivity index (χ0v) is 23.4. The lowest BCUT2D eigenvalue weighted by molar-refractivity contribution is 0.555. The number of hydrogen-bond donors (Lipinski definition) is 0. The summed E-state index contributed by atoms with van der Waals surface area (Å²) >= 11 is 0. The Kier molecular flexibility index (Phi) is 19.9. The third-order valence-electron chi connectivity index (χ3n) is 7.54. The van der Waals surface area contributed by atoms with Crippen LogP contribution in [-0.4, -0.2) is 0 Å². The average molecular weight is 457 g/mol. The fourth-order valence-electron chi connectivity index (χ4n) is 5.35. The van der Waals surface area contributed by atoms with Gasteiger partial charge in [0.1, 0.15) is 0 Å². The molecule has 0 amide bonds. The summed E-state index contributed by atoms with van der Waals surface area (Å²) in [5, 5.41) is 0. The first kappa shape index (κ1) is 30.3. The maximum atomic E-state index is 2.54. The van der Waals surface area contributed by atoms with Gasteiger partial charge in [0, 0.05) is 0 Å². The van der Waals surface area contributed by atoms with Crippen LogP contribution < -0.4 is 0 Å². The molecule has 0 spiro atoms. The molecule has 0 aliphatic rings. The van der Waals surface area contributed by atoms with E-state index < -0.39 is 0 Å². The van der Waals surface area contributed by atoms with E-state index in [4.69, 9.17) is 0 Å². The van der Waals surface area contributed by atoms with Crippen LogP contribution in [0.1, 0.15) is 172 Å². The second-order valence-corrected chi connectivity index (χ2v) is 10.6. The summed E-state index contributed by atoms with van der Waals surface area (Å²) < 4.78 is 0. The van der Waals surface area contributed by atoms with Crippen LogP contribution in [0.25, 0.3) is 0 Å². The largest absolute Gasteiger partial charge is 0.0654 e.